The van der Waals surface area contributed by atoms with Gasteiger partial charge in [0.25, 0.3) is 0 Å². The van der Waals surface area contributed by atoms with Crippen molar-refractivity contribution >= 4 is 32.4 Å². The molecule has 1 rings (SSSR count). The zero-order valence-corrected chi connectivity index (χ0v) is 11.1. The molecule has 0 spiro atoms. The molecule has 6 heteroatoms. The highest BCUT2D eigenvalue weighted by Gasteiger charge is 2.16. The average Bonchev–Trinajstić information content (AvgIpc) is 2.16. The third-order valence-corrected chi connectivity index (χ3v) is 5.04. The van der Waals surface area contributed by atoms with Gasteiger partial charge in [-0.2, -0.15) is 0 Å². The first kappa shape index (κ1) is 12.7. The molecular weight excluding hydrogens is 252 g/mol. The van der Waals surface area contributed by atoms with E-state index >= 15 is 0 Å². The van der Waals surface area contributed by atoms with E-state index in [9.17, 15) is 12.6 Å². The molecule has 0 amide bonds. The molecule has 3 nitrogen and oxygen atoms in total. The molecule has 0 N–H and O–H groups in total. The first-order valence-corrected chi connectivity index (χ1v) is 8.76. The molecule has 0 aliphatic heterocycles. The maximum absolute atomic E-state index is 11.5. The van der Waals surface area contributed by atoms with E-state index in [1.807, 2.05) is 0 Å². The van der Waals surface area contributed by atoms with Gasteiger partial charge in [-0.3, -0.25) is 12.6 Å². The van der Waals surface area contributed by atoms with Crippen LogP contribution < -0.4 is 0 Å². The Morgan fingerprint density at radius 2 is 1.20 bits per heavy atom. The van der Waals surface area contributed by atoms with Crippen LogP contribution in [0.15, 0.2) is 32.9 Å². The van der Waals surface area contributed by atoms with Crippen molar-refractivity contribution in [3.63, 3.8) is 0 Å². The van der Waals surface area contributed by atoms with Crippen molar-refractivity contribution in [2.45, 2.75) is 14.7 Å². The summed E-state index contributed by atoms with van der Waals surface area (Å²) in [4.78, 5) is 1.45. The molecule has 1 aromatic carbocycles. The van der Waals surface area contributed by atoms with E-state index in [-0.39, 0.29) is 0 Å². The van der Waals surface area contributed by atoms with Crippen LogP contribution in [-0.4, -0.2) is 31.4 Å². The molecule has 0 heterocycles. The molecule has 84 valence electrons. The van der Waals surface area contributed by atoms with Crippen LogP contribution in [-0.2, 0) is 32.4 Å². The van der Waals surface area contributed by atoms with Gasteiger partial charge in [-0.05, 0) is 12.1 Å². The highest BCUT2D eigenvalue weighted by molar-refractivity contribution is 7.89. The van der Waals surface area contributed by atoms with Crippen LogP contribution in [0.2, 0.25) is 0 Å². The van der Waals surface area contributed by atoms with Crippen LogP contribution in [0, 0.1) is 0 Å². The zero-order valence-electron chi connectivity index (χ0n) is 8.68. The summed E-state index contributed by atoms with van der Waals surface area (Å²) >= 11 is 0. The van der Waals surface area contributed by atoms with Crippen molar-refractivity contribution in [3.05, 3.63) is 18.2 Å². The van der Waals surface area contributed by atoms with Crippen LogP contribution in [0.4, 0.5) is 0 Å². The highest BCUT2D eigenvalue weighted by Crippen LogP contribution is 2.23. The molecule has 0 saturated carbocycles. The van der Waals surface area contributed by atoms with E-state index in [1.54, 1.807) is 18.2 Å². The quantitative estimate of drug-likeness (QED) is 0.815. The highest BCUT2D eigenvalue weighted by atomic mass is 32.2. The first-order valence-electron chi connectivity index (χ1n) is 4.08. The minimum absolute atomic E-state index is 0.444. The Morgan fingerprint density at radius 3 is 1.47 bits per heavy atom. The predicted molar refractivity (Wildman–Crippen MR) is 63.4 cm³/mol. The van der Waals surface area contributed by atoms with Gasteiger partial charge in [0.1, 0.15) is 0 Å². The fourth-order valence-electron chi connectivity index (χ4n) is 1.23. The summed E-state index contributed by atoms with van der Waals surface area (Å²) in [7, 11) is -3.71. The van der Waals surface area contributed by atoms with Crippen LogP contribution in [0.25, 0.3) is 0 Å². The standard InChI is InChI=1S/C9H12O3S3/c1-13(10)7-5-4-6-8(14(2)11)9(7)15(3)12/h4-6H,1-3H3. The molecule has 0 aliphatic rings. The van der Waals surface area contributed by atoms with Crippen molar-refractivity contribution in [3.8, 4) is 0 Å². The smallest absolute Gasteiger partial charge is 0.0707 e. The van der Waals surface area contributed by atoms with E-state index in [0.717, 1.165) is 0 Å². The van der Waals surface area contributed by atoms with Crippen LogP contribution in [0.3, 0.4) is 0 Å². The second kappa shape index (κ2) is 5.14. The van der Waals surface area contributed by atoms with Crippen molar-refractivity contribution in [1.29, 1.82) is 0 Å². The lowest BCUT2D eigenvalue weighted by Crippen LogP contribution is -2.03. The fraction of sp³-hybridized carbons (Fsp3) is 0.333. The third-order valence-electron chi connectivity index (χ3n) is 1.85. The fourth-order valence-corrected chi connectivity index (χ4v) is 4.69. The van der Waals surface area contributed by atoms with Crippen molar-refractivity contribution < 1.29 is 12.6 Å². The minimum atomic E-state index is -1.28. The van der Waals surface area contributed by atoms with E-state index in [2.05, 4.69) is 0 Å². The van der Waals surface area contributed by atoms with Crippen LogP contribution in [0.5, 0.6) is 0 Å². The van der Waals surface area contributed by atoms with Gasteiger partial charge in [0.15, 0.2) is 0 Å². The monoisotopic (exact) mass is 264 g/mol. The van der Waals surface area contributed by atoms with Gasteiger partial charge in [0.2, 0.25) is 0 Å². The lowest BCUT2D eigenvalue weighted by atomic mass is 10.4. The zero-order chi connectivity index (χ0) is 11.6. The lowest BCUT2D eigenvalue weighted by molar-refractivity contribution is 0.672. The molecular formula is C9H12O3S3. The second-order valence-electron chi connectivity index (χ2n) is 2.95. The molecule has 0 fully saturated rings. The number of benzene rings is 1. The Kier molecular flexibility index (Phi) is 4.36. The summed E-state index contributed by atoms with van der Waals surface area (Å²) in [5.41, 5.74) is 0. The van der Waals surface area contributed by atoms with E-state index in [0.29, 0.717) is 14.7 Å². The van der Waals surface area contributed by atoms with Crippen LogP contribution in [0.1, 0.15) is 0 Å². The van der Waals surface area contributed by atoms with Gasteiger partial charge < -0.3 is 0 Å². The number of hydrogen-bond acceptors (Lipinski definition) is 3. The summed E-state index contributed by atoms with van der Waals surface area (Å²) in [5, 5.41) is 0. The van der Waals surface area contributed by atoms with Gasteiger partial charge in [0, 0.05) is 18.8 Å². The van der Waals surface area contributed by atoms with Gasteiger partial charge in [0.05, 0.1) is 47.1 Å². The molecule has 15 heavy (non-hydrogen) atoms. The number of hydrogen-bond donors (Lipinski definition) is 0. The van der Waals surface area contributed by atoms with E-state index in [1.165, 1.54) is 18.8 Å². The Labute approximate surface area is 96.6 Å². The van der Waals surface area contributed by atoms with Gasteiger partial charge in [-0.1, -0.05) is 6.07 Å². The Hall–Kier alpha value is -0.330. The summed E-state index contributed by atoms with van der Waals surface area (Å²) in [5.74, 6) is 0. The van der Waals surface area contributed by atoms with Crippen molar-refractivity contribution in [2.75, 3.05) is 18.8 Å². The molecule has 3 atom stereocenters. The molecule has 0 aromatic heterocycles. The maximum Gasteiger partial charge on any atom is 0.0707 e. The topological polar surface area (TPSA) is 51.2 Å². The van der Waals surface area contributed by atoms with Gasteiger partial charge >= 0.3 is 0 Å². The summed E-state index contributed by atoms with van der Waals surface area (Å²) in [6.07, 6.45) is 4.55. The lowest BCUT2D eigenvalue weighted by Gasteiger charge is -2.08. The van der Waals surface area contributed by atoms with E-state index in [4.69, 9.17) is 0 Å². The molecule has 0 radical (unpaired) electrons. The van der Waals surface area contributed by atoms with E-state index < -0.39 is 32.4 Å². The number of rotatable bonds is 3. The Balaban J connectivity index is 3.56. The predicted octanol–water partition coefficient (Wildman–Crippen LogP) is 0.899. The normalized spacial score (nSPS) is 17.0. The molecule has 0 saturated heterocycles. The van der Waals surface area contributed by atoms with Gasteiger partial charge in [-0.25, -0.2) is 0 Å². The van der Waals surface area contributed by atoms with Gasteiger partial charge in [-0.15, -0.1) is 0 Å². The minimum Gasteiger partial charge on any atom is -0.255 e. The summed E-state index contributed by atoms with van der Waals surface area (Å²) < 4.78 is 34.4. The molecule has 1 aromatic rings. The Morgan fingerprint density at radius 1 is 0.800 bits per heavy atom. The Bertz CT molecular complexity index is 422. The molecule has 0 aliphatic carbocycles. The van der Waals surface area contributed by atoms with Crippen molar-refractivity contribution in [2.24, 2.45) is 0 Å². The molecule has 0 bridgehead atoms. The maximum atomic E-state index is 11.5. The first-order chi connectivity index (χ1) is 6.95. The molecule has 3 unspecified atom stereocenters. The third kappa shape index (κ3) is 2.83. The summed E-state index contributed by atoms with van der Waals surface area (Å²) in [6, 6.07) is 5.00. The van der Waals surface area contributed by atoms with Crippen molar-refractivity contribution in [1.82, 2.24) is 0 Å². The SMILES string of the molecule is CS(=O)c1cccc(S(C)=O)c1S(C)=O. The summed E-state index contributed by atoms with van der Waals surface area (Å²) in [6.45, 7) is 0. The van der Waals surface area contributed by atoms with Crippen LogP contribution >= 0.6 is 0 Å². The average molecular weight is 264 g/mol. The second-order valence-corrected chi connectivity index (χ2v) is 6.96. The largest absolute Gasteiger partial charge is 0.255 e.